The van der Waals surface area contributed by atoms with E-state index in [-0.39, 0.29) is 11.6 Å². The van der Waals surface area contributed by atoms with E-state index in [0.29, 0.717) is 16.5 Å². The lowest BCUT2D eigenvalue weighted by Gasteiger charge is -2.20. The van der Waals surface area contributed by atoms with E-state index in [1.54, 1.807) is 0 Å². The largest absolute Gasteiger partial charge is 0.311 e. The van der Waals surface area contributed by atoms with Gasteiger partial charge in [-0.1, -0.05) is 13.3 Å². The average Bonchev–Trinajstić information content (AvgIpc) is 2.91. The maximum Gasteiger partial charge on any atom is 0.276 e. The molecule has 1 amide bonds. The predicted octanol–water partition coefficient (Wildman–Crippen LogP) is 3.18. The third-order valence-electron chi connectivity index (χ3n) is 4.08. The van der Waals surface area contributed by atoms with Gasteiger partial charge in [0.25, 0.3) is 5.91 Å². The summed E-state index contributed by atoms with van der Waals surface area (Å²) in [6.45, 7) is 2.20. The maximum atomic E-state index is 12.2. The molecule has 0 spiro atoms. The summed E-state index contributed by atoms with van der Waals surface area (Å²) in [6.07, 6.45) is 8.62. The van der Waals surface area contributed by atoms with E-state index in [1.807, 2.05) is 0 Å². The average molecular weight is 312 g/mol. The maximum absolute atomic E-state index is 12.2. The molecule has 2 aromatic rings. The van der Waals surface area contributed by atoms with Crippen LogP contribution in [-0.2, 0) is 12.8 Å². The second kappa shape index (κ2) is 6.24. The Labute approximate surface area is 133 Å². The molecule has 0 aromatic carbocycles. The summed E-state index contributed by atoms with van der Waals surface area (Å²) in [5.41, 5.74) is 1.99. The molecule has 0 fully saturated rings. The Morgan fingerprint density at radius 2 is 2.41 bits per heavy atom. The van der Waals surface area contributed by atoms with Crippen LogP contribution in [0.3, 0.4) is 0 Å². The van der Waals surface area contributed by atoms with E-state index >= 15 is 0 Å². The number of nitrogens with one attached hydrogen (secondary N) is 1. The molecule has 1 aliphatic carbocycles. The van der Waals surface area contributed by atoms with Crippen molar-refractivity contribution in [2.24, 2.45) is 5.92 Å². The Kier molecular flexibility index (Phi) is 4.16. The van der Waals surface area contributed by atoms with Gasteiger partial charge in [-0.2, -0.15) is 5.26 Å². The molecular formula is C16H16N4OS. The fourth-order valence-corrected chi connectivity index (χ4v) is 4.10. The van der Waals surface area contributed by atoms with Crippen LogP contribution in [0.5, 0.6) is 0 Å². The van der Waals surface area contributed by atoms with Crippen molar-refractivity contribution in [3.63, 3.8) is 0 Å². The van der Waals surface area contributed by atoms with Crippen molar-refractivity contribution in [1.82, 2.24) is 9.97 Å². The SMILES string of the molecule is CC[C@@H]1CCc2c(sc(NC(=O)c3cnccn3)c2C#N)C1. The molecule has 1 N–H and O–H groups in total. The first-order valence-electron chi connectivity index (χ1n) is 7.35. The van der Waals surface area contributed by atoms with Crippen molar-refractivity contribution < 1.29 is 4.79 Å². The number of anilines is 1. The first kappa shape index (κ1) is 14.7. The summed E-state index contributed by atoms with van der Waals surface area (Å²) in [6, 6.07) is 2.25. The number of rotatable bonds is 3. The van der Waals surface area contributed by atoms with Crippen LogP contribution in [0.4, 0.5) is 5.00 Å². The molecule has 0 radical (unpaired) electrons. The summed E-state index contributed by atoms with van der Waals surface area (Å²) in [7, 11) is 0. The van der Waals surface area contributed by atoms with Crippen molar-refractivity contribution in [3.8, 4) is 6.07 Å². The lowest BCUT2D eigenvalue weighted by atomic mass is 9.86. The fourth-order valence-electron chi connectivity index (χ4n) is 2.79. The number of carbonyl (C=O) groups is 1. The van der Waals surface area contributed by atoms with Crippen LogP contribution >= 0.6 is 11.3 Å². The van der Waals surface area contributed by atoms with Gasteiger partial charge in [0.15, 0.2) is 0 Å². The molecule has 3 rings (SSSR count). The van der Waals surface area contributed by atoms with Gasteiger partial charge >= 0.3 is 0 Å². The highest BCUT2D eigenvalue weighted by molar-refractivity contribution is 7.16. The second-order valence-corrected chi connectivity index (χ2v) is 6.49. The summed E-state index contributed by atoms with van der Waals surface area (Å²) >= 11 is 1.53. The number of hydrogen-bond donors (Lipinski definition) is 1. The fraction of sp³-hybridized carbons (Fsp3) is 0.375. The Morgan fingerprint density at radius 1 is 1.55 bits per heavy atom. The Hall–Kier alpha value is -2.26. The van der Waals surface area contributed by atoms with Crippen LogP contribution < -0.4 is 5.32 Å². The zero-order valence-electron chi connectivity index (χ0n) is 12.3. The van der Waals surface area contributed by atoms with Crippen molar-refractivity contribution in [2.75, 3.05) is 5.32 Å². The monoisotopic (exact) mass is 312 g/mol. The number of nitrogens with zero attached hydrogens (tertiary/aromatic N) is 3. The van der Waals surface area contributed by atoms with Crippen LogP contribution in [0.15, 0.2) is 18.6 Å². The number of amides is 1. The highest BCUT2D eigenvalue weighted by atomic mass is 32.1. The zero-order valence-corrected chi connectivity index (χ0v) is 13.1. The van der Waals surface area contributed by atoms with E-state index in [4.69, 9.17) is 0 Å². The van der Waals surface area contributed by atoms with Crippen LogP contribution in [0.25, 0.3) is 0 Å². The molecule has 112 valence electrons. The molecule has 1 atom stereocenters. The summed E-state index contributed by atoms with van der Waals surface area (Å²) in [5.74, 6) is 0.358. The summed E-state index contributed by atoms with van der Waals surface area (Å²) in [5, 5.41) is 12.9. The Balaban J connectivity index is 1.87. The van der Waals surface area contributed by atoms with Gasteiger partial charge in [0.1, 0.15) is 16.8 Å². The van der Waals surface area contributed by atoms with Crippen molar-refractivity contribution in [3.05, 3.63) is 40.3 Å². The molecule has 0 saturated carbocycles. The van der Waals surface area contributed by atoms with E-state index in [0.717, 1.165) is 31.2 Å². The molecule has 0 bridgehead atoms. The van der Waals surface area contributed by atoms with Gasteiger partial charge in [-0.05, 0) is 30.7 Å². The van der Waals surface area contributed by atoms with Gasteiger partial charge in [-0.15, -0.1) is 11.3 Å². The van der Waals surface area contributed by atoms with Gasteiger partial charge in [0.2, 0.25) is 0 Å². The molecular weight excluding hydrogens is 296 g/mol. The normalized spacial score (nSPS) is 16.6. The molecule has 0 aliphatic heterocycles. The lowest BCUT2D eigenvalue weighted by Crippen LogP contribution is -2.14. The second-order valence-electron chi connectivity index (χ2n) is 5.38. The summed E-state index contributed by atoms with van der Waals surface area (Å²) < 4.78 is 0. The highest BCUT2D eigenvalue weighted by Crippen LogP contribution is 2.40. The van der Waals surface area contributed by atoms with Gasteiger partial charge in [-0.3, -0.25) is 9.78 Å². The first-order valence-corrected chi connectivity index (χ1v) is 8.16. The number of hydrogen-bond acceptors (Lipinski definition) is 5. The van der Waals surface area contributed by atoms with E-state index < -0.39 is 0 Å². The zero-order chi connectivity index (χ0) is 15.5. The van der Waals surface area contributed by atoms with Crippen LogP contribution in [0.1, 0.15) is 46.3 Å². The van der Waals surface area contributed by atoms with E-state index in [9.17, 15) is 10.1 Å². The van der Waals surface area contributed by atoms with Crippen LogP contribution in [0, 0.1) is 17.2 Å². The number of thiophene rings is 1. The van der Waals surface area contributed by atoms with Crippen molar-refractivity contribution >= 4 is 22.2 Å². The molecule has 5 nitrogen and oxygen atoms in total. The molecule has 2 heterocycles. The standard InChI is InChI=1S/C16H16N4OS/c1-2-10-3-4-11-12(8-17)16(22-14(11)7-10)20-15(21)13-9-18-5-6-19-13/h5-6,9-10H,2-4,7H2,1H3,(H,20,21)/t10-/m1/s1. The number of fused-ring (bicyclic) bond motifs is 1. The highest BCUT2D eigenvalue weighted by Gasteiger charge is 2.26. The molecule has 22 heavy (non-hydrogen) atoms. The topological polar surface area (TPSA) is 78.7 Å². The minimum atomic E-state index is -0.324. The molecule has 6 heteroatoms. The van der Waals surface area contributed by atoms with Gasteiger partial charge in [-0.25, -0.2) is 4.98 Å². The predicted molar refractivity (Wildman–Crippen MR) is 84.8 cm³/mol. The lowest BCUT2D eigenvalue weighted by molar-refractivity contribution is 0.102. The minimum absolute atomic E-state index is 0.254. The number of aromatic nitrogens is 2. The number of nitriles is 1. The van der Waals surface area contributed by atoms with Gasteiger partial charge < -0.3 is 5.32 Å². The first-order chi connectivity index (χ1) is 10.7. The summed E-state index contributed by atoms with van der Waals surface area (Å²) in [4.78, 5) is 21.3. The van der Waals surface area contributed by atoms with E-state index in [2.05, 4.69) is 28.3 Å². The van der Waals surface area contributed by atoms with Gasteiger partial charge in [0.05, 0.1) is 11.8 Å². The quantitative estimate of drug-likeness (QED) is 0.944. The molecule has 0 unspecified atom stereocenters. The van der Waals surface area contributed by atoms with Crippen LogP contribution in [0.2, 0.25) is 0 Å². The molecule has 1 aliphatic rings. The minimum Gasteiger partial charge on any atom is -0.311 e. The van der Waals surface area contributed by atoms with Crippen molar-refractivity contribution in [1.29, 1.82) is 5.26 Å². The van der Waals surface area contributed by atoms with E-state index in [1.165, 1.54) is 34.8 Å². The third kappa shape index (κ3) is 2.72. The molecule has 2 aromatic heterocycles. The number of carbonyl (C=O) groups excluding carboxylic acids is 1. The molecule has 0 saturated heterocycles. The Morgan fingerprint density at radius 3 is 3.09 bits per heavy atom. The van der Waals surface area contributed by atoms with Crippen molar-refractivity contribution in [2.45, 2.75) is 32.6 Å². The Bertz CT molecular complexity index is 733. The van der Waals surface area contributed by atoms with Crippen LogP contribution in [-0.4, -0.2) is 15.9 Å². The smallest absolute Gasteiger partial charge is 0.276 e. The third-order valence-corrected chi connectivity index (χ3v) is 5.25. The van der Waals surface area contributed by atoms with Gasteiger partial charge in [0, 0.05) is 17.3 Å².